The number of carboxylic acid groups (broad SMARTS) is 1. The number of hydrogen-bond acceptors (Lipinski definition) is 4. The molecule has 0 radical (unpaired) electrons. The number of hydrogen-bond donors (Lipinski definition) is 2. The fourth-order valence-corrected chi connectivity index (χ4v) is 4.63. The molecule has 1 aromatic carbocycles. The SMILES string of the molecule is CCCCCCc1ccc(N2C(=O)NC(=O)C2CCCc2ccc(C(=O)O)s2)cc1. The van der Waals surface area contributed by atoms with E-state index in [1.165, 1.54) is 36.2 Å². The van der Waals surface area contributed by atoms with E-state index in [0.717, 1.165) is 23.4 Å². The van der Waals surface area contributed by atoms with Crippen molar-refractivity contribution in [2.24, 2.45) is 0 Å². The van der Waals surface area contributed by atoms with Crippen LogP contribution in [0.15, 0.2) is 36.4 Å². The molecule has 0 bridgehead atoms. The molecule has 0 aliphatic carbocycles. The average Bonchev–Trinajstić information content (AvgIpc) is 3.31. The van der Waals surface area contributed by atoms with Crippen molar-refractivity contribution in [1.29, 1.82) is 0 Å². The number of nitrogens with one attached hydrogen (secondary N) is 1. The number of carbonyl (C=O) groups excluding carboxylic acids is 2. The molecule has 1 aliphatic rings. The van der Waals surface area contributed by atoms with Gasteiger partial charge in [0.2, 0.25) is 0 Å². The lowest BCUT2D eigenvalue weighted by atomic mass is 10.0. The molecule has 1 saturated heterocycles. The lowest BCUT2D eigenvalue weighted by Gasteiger charge is -2.22. The summed E-state index contributed by atoms with van der Waals surface area (Å²) < 4.78 is 0. The first-order chi connectivity index (χ1) is 14.5. The van der Waals surface area contributed by atoms with Gasteiger partial charge < -0.3 is 5.11 Å². The van der Waals surface area contributed by atoms with Crippen molar-refractivity contribution in [2.75, 3.05) is 4.90 Å². The maximum atomic E-state index is 12.4. The van der Waals surface area contributed by atoms with Crippen LogP contribution in [0.1, 0.15) is 65.6 Å². The number of imide groups is 1. The number of aromatic carboxylic acids is 1. The van der Waals surface area contributed by atoms with Crippen LogP contribution in [0, 0.1) is 0 Å². The Morgan fingerprint density at radius 1 is 1.03 bits per heavy atom. The third-order valence-electron chi connectivity index (χ3n) is 5.37. The molecule has 1 fully saturated rings. The zero-order valence-corrected chi connectivity index (χ0v) is 18.0. The molecular formula is C23H28N2O4S. The van der Waals surface area contributed by atoms with Crippen LogP contribution in [-0.4, -0.2) is 29.1 Å². The number of benzene rings is 1. The second kappa shape index (κ2) is 10.4. The minimum absolute atomic E-state index is 0.277. The molecule has 1 unspecified atom stereocenters. The molecule has 3 rings (SSSR count). The van der Waals surface area contributed by atoms with E-state index >= 15 is 0 Å². The Bertz CT molecular complexity index is 891. The first-order valence-corrected chi connectivity index (χ1v) is 11.4. The standard InChI is InChI=1S/C23H28N2O4S/c1-2-3-4-5-7-16-10-12-17(13-11-16)25-19(21(26)24-23(25)29)9-6-8-18-14-15-20(30-18)22(27)28/h10-15,19H,2-9H2,1H3,(H,27,28)(H,24,26,29). The average molecular weight is 429 g/mol. The van der Waals surface area contributed by atoms with Gasteiger partial charge in [-0.1, -0.05) is 38.3 Å². The van der Waals surface area contributed by atoms with Crippen LogP contribution < -0.4 is 10.2 Å². The Balaban J connectivity index is 1.59. The first kappa shape index (κ1) is 22.0. The maximum absolute atomic E-state index is 12.4. The molecular weight excluding hydrogens is 400 g/mol. The third kappa shape index (κ3) is 5.48. The Kier molecular flexibility index (Phi) is 7.63. The number of thiophene rings is 1. The van der Waals surface area contributed by atoms with Gasteiger partial charge in [-0.15, -0.1) is 11.3 Å². The largest absolute Gasteiger partial charge is 0.477 e. The highest BCUT2D eigenvalue weighted by molar-refractivity contribution is 7.13. The maximum Gasteiger partial charge on any atom is 0.345 e. The van der Waals surface area contributed by atoms with Gasteiger partial charge in [0, 0.05) is 10.6 Å². The topological polar surface area (TPSA) is 86.7 Å². The highest BCUT2D eigenvalue weighted by Gasteiger charge is 2.38. The van der Waals surface area contributed by atoms with Crippen LogP contribution in [0.4, 0.5) is 10.5 Å². The minimum atomic E-state index is -0.924. The smallest absolute Gasteiger partial charge is 0.345 e. The Morgan fingerprint density at radius 3 is 2.47 bits per heavy atom. The Hall–Kier alpha value is -2.67. The minimum Gasteiger partial charge on any atom is -0.477 e. The summed E-state index contributed by atoms with van der Waals surface area (Å²) >= 11 is 1.25. The molecule has 2 N–H and O–H groups in total. The number of rotatable bonds is 11. The summed E-state index contributed by atoms with van der Waals surface area (Å²) in [5.74, 6) is -1.20. The predicted octanol–water partition coefficient (Wildman–Crippen LogP) is 5.02. The van der Waals surface area contributed by atoms with Crippen molar-refractivity contribution in [1.82, 2.24) is 5.32 Å². The van der Waals surface area contributed by atoms with E-state index in [0.29, 0.717) is 24.1 Å². The molecule has 2 aromatic rings. The fourth-order valence-electron chi connectivity index (χ4n) is 3.74. The summed E-state index contributed by atoms with van der Waals surface area (Å²) in [6.07, 6.45) is 7.76. The number of carbonyl (C=O) groups is 3. The van der Waals surface area contributed by atoms with Gasteiger partial charge in [-0.2, -0.15) is 0 Å². The molecule has 3 amide bonds. The lowest BCUT2D eigenvalue weighted by molar-refractivity contribution is -0.120. The third-order valence-corrected chi connectivity index (χ3v) is 6.50. The van der Waals surface area contributed by atoms with Crippen molar-refractivity contribution < 1.29 is 19.5 Å². The highest BCUT2D eigenvalue weighted by atomic mass is 32.1. The predicted molar refractivity (Wildman–Crippen MR) is 118 cm³/mol. The van der Waals surface area contributed by atoms with Gasteiger partial charge in [0.15, 0.2) is 0 Å². The zero-order chi connectivity index (χ0) is 21.5. The van der Waals surface area contributed by atoms with Gasteiger partial charge in [-0.3, -0.25) is 15.0 Å². The lowest BCUT2D eigenvalue weighted by Crippen LogP contribution is -2.35. The van der Waals surface area contributed by atoms with Crippen molar-refractivity contribution >= 4 is 34.9 Å². The van der Waals surface area contributed by atoms with E-state index in [1.54, 1.807) is 11.0 Å². The van der Waals surface area contributed by atoms with Crippen molar-refractivity contribution in [3.05, 3.63) is 51.7 Å². The highest BCUT2D eigenvalue weighted by Crippen LogP contribution is 2.26. The number of amides is 3. The van der Waals surface area contributed by atoms with E-state index in [2.05, 4.69) is 12.2 Å². The van der Waals surface area contributed by atoms with E-state index in [-0.39, 0.29) is 11.9 Å². The van der Waals surface area contributed by atoms with Crippen molar-refractivity contribution in [2.45, 2.75) is 64.3 Å². The Morgan fingerprint density at radius 2 is 1.80 bits per heavy atom. The molecule has 2 heterocycles. The number of nitrogens with zero attached hydrogens (tertiary/aromatic N) is 1. The van der Waals surface area contributed by atoms with Gasteiger partial charge in [0.25, 0.3) is 5.91 Å². The number of urea groups is 1. The van der Waals surface area contributed by atoms with Gasteiger partial charge in [0.1, 0.15) is 10.9 Å². The fraction of sp³-hybridized carbons (Fsp3) is 0.435. The summed E-state index contributed by atoms with van der Waals surface area (Å²) in [4.78, 5) is 38.5. The van der Waals surface area contributed by atoms with Crippen molar-refractivity contribution in [3.63, 3.8) is 0 Å². The monoisotopic (exact) mass is 428 g/mol. The molecule has 0 spiro atoms. The number of carboxylic acids is 1. The van der Waals surface area contributed by atoms with Gasteiger partial charge in [-0.25, -0.2) is 9.59 Å². The van der Waals surface area contributed by atoms with Crippen LogP contribution in [0.5, 0.6) is 0 Å². The molecule has 7 heteroatoms. The van der Waals surface area contributed by atoms with Crippen LogP contribution in [0.25, 0.3) is 0 Å². The summed E-state index contributed by atoms with van der Waals surface area (Å²) in [6.45, 7) is 2.20. The molecule has 1 aliphatic heterocycles. The normalized spacial score (nSPS) is 16.2. The van der Waals surface area contributed by atoms with Gasteiger partial charge in [0.05, 0.1) is 0 Å². The summed E-state index contributed by atoms with van der Waals surface area (Å²) in [5, 5.41) is 11.4. The zero-order valence-electron chi connectivity index (χ0n) is 17.2. The van der Waals surface area contributed by atoms with Crippen LogP contribution in [0.2, 0.25) is 0 Å². The molecule has 0 saturated carbocycles. The summed E-state index contributed by atoms with van der Waals surface area (Å²) in [6, 6.07) is 10.4. The first-order valence-electron chi connectivity index (χ1n) is 10.5. The van der Waals surface area contributed by atoms with E-state index in [1.807, 2.05) is 30.3 Å². The number of aryl methyl sites for hydroxylation is 2. The van der Waals surface area contributed by atoms with E-state index in [9.17, 15) is 14.4 Å². The van der Waals surface area contributed by atoms with Crippen molar-refractivity contribution in [3.8, 4) is 0 Å². The van der Waals surface area contributed by atoms with Gasteiger partial charge >= 0.3 is 12.0 Å². The molecule has 1 aromatic heterocycles. The van der Waals surface area contributed by atoms with Crippen LogP contribution in [-0.2, 0) is 17.6 Å². The molecule has 160 valence electrons. The Labute approximate surface area is 180 Å². The molecule has 6 nitrogen and oxygen atoms in total. The number of anilines is 1. The van der Waals surface area contributed by atoms with E-state index in [4.69, 9.17) is 5.11 Å². The summed E-state index contributed by atoms with van der Waals surface area (Å²) in [7, 11) is 0. The van der Waals surface area contributed by atoms with Crippen LogP contribution >= 0.6 is 11.3 Å². The quantitative estimate of drug-likeness (QED) is 0.389. The second-order valence-corrected chi connectivity index (χ2v) is 8.79. The van der Waals surface area contributed by atoms with E-state index < -0.39 is 12.0 Å². The van der Waals surface area contributed by atoms with Crippen LogP contribution in [0.3, 0.4) is 0 Å². The number of unbranched alkanes of at least 4 members (excludes halogenated alkanes) is 3. The summed E-state index contributed by atoms with van der Waals surface area (Å²) in [5.41, 5.74) is 1.97. The molecule has 1 atom stereocenters. The molecule has 30 heavy (non-hydrogen) atoms. The second-order valence-electron chi connectivity index (χ2n) is 7.62. The van der Waals surface area contributed by atoms with Gasteiger partial charge in [-0.05, 0) is 61.9 Å².